The standard InChI is InChI=1S/C13H22O2/c14-12-10-8-6-4-2-1-3-5-7-9-11-13-15/h4,6,14-15H,1-3,5,7,9,11-13H2/b6-4-. The van der Waals surface area contributed by atoms with Gasteiger partial charge in [-0.05, 0) is 25.3 Å². The molecule has 0 bridgehead atoms. The Kier molecular flexibility index (Phi) is 12.5. The fourth-order valence-electron chi connectivity index (χ4n) is 1.33. The molecule has 2 heteroatoms. The summed E-state index contributed by atoms with van der Waals surface area (Å²) < 4.78 is 0. The van der Waals surface area contributed by atoms with Gasteiger partial charge in [-0.3, -0.25) is 0 Å². The van der Waals surface area contributed by atoms with Crippen LogP contribution in [0.15, 0.2) is 12.2 Å². The van der Waals surface area contributed by atoms with Crippen LogP contribution in [0.25, 0.3) is 0 Å². The van der Waals surface area contributed by atoms with E-state index < -0.39 is 0 Å². The summed E-state index contributed by atoms with van der Waals surface area (Å²) >= 11 is 0. The topological polar surface area (TPSA) is 40.5 Å². The maximum Gasteiger partial charge on any atom is 0.104 e. The van der Waals surface area contributed by atoms with Crippen LogP contribution in [-0.2, 0) is 0 Å². The smallest absolute Gasteiger partial charge is 0.104 e. The molecule has 86 valence electrons. The van der Waals surface area contributed by atoms with E-state index in [1.165, 1.54) is 25.7 Å². The van der Waals surface area contributed by atoms with Crippen molar-refractivity contribution in [2.24, 2.45) is 0 Å². The first kappa shape index (κ1) is 14.2. The van der Waals surface area contributed by atoms with Crippen LogP contribution >= 0.6 is 0 Å². The first-order valence-electron chi connectivity index (χ1n) is 5.77. The molecule has 0 saturated carbocycles. The minimum Gasteiger partial charge on any atom is -0.396 e. The van der Waals surface area contributed by atoms with Gasteiger partial charge in [-0.1, -0.05) is 43.6 Å². The minimum absolute atomic E-state index is 0.0603. The van der Waals surface area contributed by atoms with E-state index in [2.05, 4.69) is 17.9 Å². The number of hydrogen-bond donors (Lipinski definition) is 2. The van der Waals surface area contributed by atoms with E-state index >= 15 is 0 Å². The zero-order valence-corrected chi connectivity index (χ0v) is 9.41. The summed E-state index contributed by atoms with van der Waals surface area (Å²) in [7, 11) is 0. The highest BCUT2D eigenvalue weighted by molar-refractivity contribution is 5.14. The third-order valence-electron chi connectivity index (χ3n) is 2.16. The second kappa shape index (κ2) is 13.2. The lowest BCUT2D eigenvalue weighted by Crippen LogP contribution is -1.83. The molecule has 0 saturated heterocycles. The van der Waals surface area contributed by atoms with Crippen molar-refractivity contribution in [3.63, 3.8) is 0 Å². The van der Waals surface area contributed by atoms with E-state index in [1.807, 2.05) is 6.08 Å². The van der Waals surface area contributed by atoms with Crippen molar-refractivity contribution in [2.75, 3.05) is 13.2 Å². The normalized spacial score (nSPS) is 10.3. The third kappa shape index (κ3) is 13.2. The molecule has 0 aliphatic heterocycles. The molecule has 0 fully saturated rings. The summed E-state index contributed by atoms with van der Waals surface area (Å²) in [5, 5.41) is 17.0. The SMILES string of the molecule is OCC#C/C=C\CCCCCCCCO. The number of rotatable bonds is 8. The van der Waals surface area contributed by atoms with Crippen molar-refractivity contribution in [3.05, 3.63) is 12.2 Å². The Bertz CT molecular complexity index is 198. The van der Waals surface area contributed by atoms with Gasteiger partial charge in [0.05, 0.1) is 0 Å². The predicted octanol–water partition coefficient (Wildman–Crippen LogP) is 2.26. The van der Waals surface area contributed by atoms with E-state index in [0.717, 1.165) is 19.3 Å². The average Bonchev–Trinajstić information content (AvgIpc) is 2.26. The van der Waals surface area contributed by atoms with Crippen molar-refractivity contribution < 1.29 is 10.2 Å². The summed E-state index contributed by atoms with van der Waals surface area (Å²) in [5.74, 6) is 5.31. The Hall–Kier alpha value is -0.780. The monoisotopic (exact) mass is 210 g/mol. The summed E-state index contributed by atoms with van der Waals surface area (Å²) in [6, 6.07) is 0. The summed E-state index contributed by atoms with van der Waals surface area (Å²) in [4.78, 5) is 0. The molecule has 0 aliphatic rings. The van der Waals surface area contributed by atoms with Gasteiger partial charge in [-0.25, -0.2) is 0 Å². The van der Waals surface area contributed by atoms with Gasteiger partial charge in [0.1, 0.15) is 6.61 Å². The lowest BCUT2D eigenvalue weighted by Gasteiger charge is -1.98. The molecule has 0 aliphatic carbocycles. The van der Waals surface area contributed by atoms with Gasteiger partial charge in [0, 0.05) is 6.61 Å². The summed E-state index contributed by atoms with van der Waals surface area (Å²) in [6.45, 7) is 0.265. The Balaban J connectivity index is 3.07. The van der Waals surface area contributed by atoms with E-state index in [1.54, 1.807) is 0 Å². The highest BCUT2D eigenvalue weighted by Crippen LogP contribution is 2.06. The lowest BCUT2D eigenvalue weighted by atomic mass is 10.1. The van der Waals surface area contributed by atoms with Crippen LogP contribution in [-0.4, -0.2) is 23.4 Å². The maximum atomic E-state index is 8.57. The van der Waals surface area contributed by atoms with E-state index in [-0.39, 0.29) is 6.61 Å². The van der Waals surface area contributed by atoms with Gasteiger partial charge >= 0.3 is 0 Å². The van der Waals surface area contributed by atoms with E-state index in [0.29, 0.717) is 6.61 Å². The van der Waals surface area contributed by atoms with Gasteiger partial charge in [-0.15, -0.1) is 0 Å². The predicted molar refractivity (Wildman–Crippen MR) is 63.4 cm³/mol. The minimum atomic E-state index is -0.0603. The molecule has 0 rings (SSSR count). The van der Waals surface area contributed by atoms with Gasteiger partial charge in [0.25, 0.3) is 0 Å². The van der Waals surface area contributed by atoms with E-state index in [9.17, 15) is 0 Å². The molecule has 0 spiro atoms. The Morgan fingerprint density at radius 2 is 1.53 bits per heavy atom. The van der Waals surface area contributed by atoms with Gasteiger partial charge in [0.15, 0.2) is 0 Å². The molecule has 0 aromatic rings. The fraction of sp³-hybridized carbons (Fsp3) is 0.692. The molecule has 0 atom stereocenters. The van der Waals surface area contributed by atoms with Crippen molar-refractivity contribution in [2.45, 2.75) is 44.9 Å². The second-order valence-corrected chi connectivity index (χ2v) is 3.52. The molecule has 0 aromatic heterocycles. The molecular formula is C13H22O2. The van der Waals surface area contributed by atoms with Gasteiger partial charge < -0.3 is 10.2 Å². The molecule has 0 aromatic carbocycles. The molecule has 0 amide bonds. The first-order chi connectivity index (χ1) is 7.41. The number of unbranched alkanes of at least 4 members (excludes halogenated alkanes) is 6. The Morgan fingerprint density at radius 3 is 2.20 bits per heavy atom. The molecule has 15 heavy (non-hydrogen) atoms. The van der Waals surface area contributed by atoms with Gasteiger partial charge in [-0.2, -0.15) is 0 Å². The molecule has 0 unspecified atom stereocenters. The fourth-order valence-corrected chi connectivity index (χ4v) is 1.33. The second-order valence-electron chi connectivity index (χ2n) is 3.52. The molecule has 0 heterocycles. The van der Waals surface area contributed by atoms with Crippen LogP contribution in [0.4, 0.5) is 0 Å². The van der Waals surface area contributed by atoms with Crippen LogP contribution in [0.3, 0.4) is 0 Å². The average molecular weight is 210 g/mol. The van der Waals surface area contributed by atoms with Crippen LogP contribution in [0.5, 0.6) is 0 Å². The number of hydrogen-bond acceptors (Lipinski definition) is 2. The molecule has 2 nitrogen and oxygen atoms in total. The Labute approximate surface area is 93.0 Å². The first-order valence-corrected chi connectivity index (χ1v) is 5.77. The number of aliphatic hydroxyl groups excluding tert-OH is 2. The third-order valence-corrected chi connectivity index (χ3v) is 2.16. The Morgan fingerprint density at radius 1 is 0.867 bits per heavy atom. The van der Waals surface area contributed by atoms with Crippen LogP contribution in [0, 0.1) is 11.8 Å². The van der Waals surface area contributed by atoms with Crippen molar-refractivity contribution in [1.82, 2.24) is 0 Å². The molecular weight excluding hydrogens is 188 g/mol. The largest absolute Gasteiger partial charge is 0.396 e. The molecule has 2 N–H and O–H groups in total. The van der Waals surface area contributed by atoms with Crippen molar-refractivity contribution in [1.29, 1.82) is 0 Å². The van der Waals surface area contributed by atoms with E-state index in [4.69, 9.17) is 10.2 Å². The highest BCUT2D eigenvalue weighted by atomic mass is 16.3. The van der Waals surface area contributed by atoms with Crippen LogP contribution in [0.2, 0.25) is 0 Å². The van der Waals surface area contributed by atoms with Gasteiger partial charge in [0.2, 0.25) is 0 Å². The lowest BCUT2D eigenvalue weighted by molar-refractivity contribution is 0.282. The summed E-state index contributed by atoms with van der Waals surface area (Å²) in [5.41, 5.74) is 0. The zero-order chi connectivity index (χ0) is 11.2. The van der Waals surface area contributed by atoms with Crippen molar-refractivity contribution >= 4 is 0 Å². The quantitative estimate of drug-likeness (QED) is 0.476. The molecule has 0 radical (unpaired) electrons. The highest BCUT2D eigenvalue weighted by Gasteiger charge is 1.89. The zero-order valence-electron chi connectivity index (χ0n) is 9.41. The summed E-state index contributed by atoms with van der Waals surface area (Å²) in [6.07, 6.45) is 12.0. The van der Waals surface area contributed by atoms with Crippen LogP contribution in [0.1, 0.15) is 44.9 Å². The number of aliphatic hydroxyl groups is 2. The van der Waals surface area contributed by atoms with Crippen LogP contribution < -0.4 is 0 Å². The maximum absolute atomic E-state index is 8.57. The van der Waals surface area contributed by atoms with Crippen molar-refractivity contribution in [3.8, 4) is 11.8 Å². The number of allylic oxidation sites excluding steroid dienone is 2.